The van der Waals surface area contributed by atoms with Crippen LogP contribution >= 0.6 is 0 Å². The Bertz CT molecular complexity index is 590. The lowest BCUT2D eigenvalue weighted by Gasteiger charge is -2.34. The van der Waals surface area contributed by atoms with Gasteiger partial charge in [-0.25, -0.2) is 18.1 Å². The van der Waals surface area contributed by atoms with Crippen LogP contribution in [-0.2, 0) is 10.0 Å². The summed E-state index contributed by atoms with van der Waals surface area (Å²) in [6.45, 7) is 2.14. The average Bonchev–Trinajstić information content (AvgIpc) is 2.85. The van der Waals surface area contributed by atoms with Crippen molar-refractivity contribution in [3.8, 4) is 0 Å². The molecule has 7 heteroatoms. The third-order valence-electron chi connectivity index (χ3n) is 4.21. The van der Waals surface area contributed by atoms with Crippen molar-refractivity contribution in [2.24, 2.45) is 0 Å². The predicted octanol–water partition coefficient (Wildman–Crippen LogP) is 0.569. The summed E-state index contributed by atoms with van der Waals surface area (Å²) in [5.74, 6) is 0.221. The number of pyridine rings is 1. The molecule has 2 fully saturated rings. The number of nitrogens with zero attached hydrogens (tertiary/aromatic N) is 2. The standard InChI is InChI=1S/C13H20N4O2S/c14-13-9-12(3-5-15-13)20(18,19)16-10-4-7-17-6-1-2-11(17)8-10/h3,5,9-11,16H,1-2,4,6-8H2,(H2,14,15). The van der Waals surface area contributed by atoms with Gasteiger partial charge in [0.1, 0.15) is 5.82 Å². The summed E-state index contributed by atoms with van der Waals surface area (Å²) in [7, 11) is -3.50. The number of nitrogen functional groups attached to an aromatic ring is 1. The van der Waals surface area contributed by atoms with Crippen molar-refractivity contribution in [3.63, 3.8) is 0 Å². The van der Waals surface area contributed by atoms with Gasteiger partial charge in [0, 0.05) is 24.3 Å². The molecule has 2 aliphatic heterocycles. The van der Waals surface area contributed by atoms with Gasteiger partial charge in [0.25, 0.3) is 0 Å². The molecule has 1 aromatic heterocycles. The van der Waals surface area contributed by atoms with Crippen molar-refractivity contribution in [2.75, 3.05) is 18.8 Å². The van der Waals surface area contributed by atoms with Gasteiger partial charge in [-0.2, -0.15) is 0 Å². The van der Waals surface area contributed by atoms with Crippen LogP contribution in [0.1, 0.15) is 25.7 Å². The average molecular weight is 296 g/mol. The topological polar surface area (TPSA) is 88.3 Å². The van der Waals surface area contributed by atoms with Gasteiger partial charge in [0.15, 0.2) is 0 Å². The lowest BCUT2D eigenvalue weighted by molar-refractivity contribution is 0.176. The van der Waals surface area contributed by atoms with E-state index < -0.39 is 10.0 Å². The van der Waals surface area contributed by atoms with Gasteiger partial charge in [-0.05, 0) is 44.8 Å². The molecular weight excluding hydrogens is 276 g/mol. The number of hydrogen-bond donors (Lipinski definition) is 2. The van der Waals surface area contributed by atoms with Crippen molar-refractivity contribution in [2.45, 2.75) is 42.7 Å². The highest BCUT2D eigenvalue weighted by Gasteiger charge is 2.33. The number of piperidine rings is 1. The molecule has 2 saturated heterocycles. The van der Waals surface area contributed by atoms with Gasteiger partial charge in [-0.1, -0.05) is 0 Å². The fourth-order valence-corrected chi connectivity index (χ4v) is 4.52. The highest BCUT2D eigenvalue weighted by atomic mass is 32.2. The van der Waals surface area contributed by atoms with Gasteiger partial charge in [0.05, 0.1) is 4.90 Å². The summed E-state index contributed by atoms with van der Waals surface area (Å²) < 4.78 is 27.5. The quantitative estimate of drug-likeness (QED) is 0.851. The zero-order valence-corrected chi connectivity index (χ0v) is 12.1. The van der Waals surface area contributed by atoms with E-state index in [0.29, 0.717) is 6.04 Å². The number of fused-ring (bicyclic) bond motifs is 1. The first-order valence-corrected chi connectivity index (χ1v) is 8.51. The van der Waals surface area contributed by atoms with Crippen LogP contribution in [0.2, 0.25) is 0 Å². The summed E-state index contributed by atoms with van der Waals surface area (Å²) in [5.41, 5.74) is 5.55. The molecule has 2 atom stereocenters. The minimum atomic E-state index is -3.50. The van der Waals surface area contributed by atoms with Crippen molar-refractivity contribution in [1.29, 1.82) is 0 Å². The maximum Gasteiger partial charge on any atom is 0.241 e. The molecule has 0 bridgehead atoms. The fourth-order valence-electron chi connectivity index (χ4n) is 3.21. The van der Waals surface area contributed by atoms with E-state index in [1.807, 2.05) is 0 Å². The fraction of sp³-hybridized carbons (Fsp3) is 0.615. The maximum absolute atomic E-state index is 12.3. The molecule has 2 unspecified atom stereocenters. The van der Waals surface area contributed by atoms with Crippen LogP contribution in [0.3, 0.4) is 0 Å². The number of hydrogen-bond acceptors (Lipinski definition) is 5. The second kappa shape index (κ2) is 5.31. The zero-order valence-electron chi connectivity index (χ0n) is 11.3. The third kappa shape index (κ3) is 2.79. The van der Waals surface area contributed by atoms with Crippen LogP contribution in [0, 0.1) is 0 Å². The van der Waals surface area contributed by atoms with Gasteiger partial charge < -0.3 is 10.6 Å². The Morgan fingerprint density at radius 3 is 3.00 bits per heavy atom. The van der Waals surface area contributed by atoms with E-state index in [4.69, 9.17) is 5.73 Å². The van der Waals surface area contributed by atoms with E-state index in [0.717, 1.165) is 25.9 Å². The van der Waals surface area contributed by atoms with E-state index in [1.165, 1.54) is 31.2 Å². The van der Waals surface area contributed by atoms with E-state index >= 15 is 0 Å². The molecule has 20 heavy (non-hydrogen) atoms. The van der Waals surface area contributed by atoms with Crippen LogP contribution in [-0.4, -0.2) is 43.5 Å². The monoisotopic (exact) mass is 296 g/mol. The Kier molecular flexibility index (Phi) is 3.66. The van der Waals surface area contributed by atoms with E-state index in [2.05, 4.69) is 14.6 Å². The molecule has 2 aliphatic rings. The van der Waals surface area contributed by atoms with E-state index in [-0.39, 0.29) is 16.8 Å². The largest absolute Gasteiger partial charge is 0.384 e. The van der Waals surface area contributed by atoms with Crippen molar-refractivity contribution < 1.29 is 8.42 Å². The first kappa shape index (κ1) is 13.8. The molecule has 3 heterocycles. The molecule has 6 nitrogen and oxygen atoms in total. The van der Waals surface area contributed by atoms with Gasteiger partial charge in [-0.3, -0.25) is 0 Å². The first-order valence-electron chi connectivity index (χ1n) is 7.02. The molecule has 0 amide bonds. The normalized spacial score (nSPS) is 27.4. The second-order valence-corrected chi connectivity index (χ2v) is 7.30. The predicted molar refractivity (Wildman–Crippen MR) is 76.6 cm³/mol. The van der Waals surface area contributed by atoms with Crippen molar-refractivity contribution in [3.05, 3.63) is 18.3 Å². The molecule has 3 N–H and O–H groups in total. The third-order valence-corrected chi connectivity index (χ3v) is 5.72. The number of nitrogens with one attached hydrogen (secondary N) is 1. The maximum atomic E-state index is 12.3. The van der Waals surface area contributed by atoms with E-state index in [1.54, 1.807) is 0 Å². The Balaban J connectivity index is 1.70. The lowest BCUT2D eigenvalue weighted by Crippen LogP contribution is -2.47. The molecule has 0 saturated carbocycles. The summed E-state index contributed by atoms with van der Waals surface area (Å²) in [4.78, 5) is 6.48. The molecule has 0 spiro atoms. The molecule has 0 aliphatic carbocycles. The number of sulfonamides is 1. The summed E-state index contributed by atoms with van der Waals surface area (Å²) in [6, 6.07) is 3.43. The molecule has 110 valence electrons. The molecule has 1 aromatic rings. The Hall–Kier alpha value is -1.18. The van der Waals surface area contributed by atoms with Gasteiger partial charge in [0.2, 0.25) is 10.0 Å². The zero-order chi connectivity index (χ0) is 14.2. The smallest absolute Gasteiger partial charge is 0.241 e. The number of aromatic nitrogens is 1. The summed E-state index contributed by atoms with van der Waals surface area (Å²) in [6.07, 6.45) is 5.60. The van der Waals surface area contributed by atoms with Crippen LogP contribution in [0.5, 0.6) is 0 Å². The van der Waals surface area contributed by atoms with Gasteiger partial charge >= 0.3 is 0 Å². The van der Waals surface area contributed by atoms with Gasteiger partial charge in [-0.15, -0.1) is 0 Å². The van der Waals surface area contributed by atoms with Crippen molar-refractivity contribution in [1.82, 2.24) is 14.6 Å². The first-order chi connectivity index (χ1) is 9.54. The Morgan fingerprint density at radius 1 is 1.35 bits per heavy atom. The number of anilines is 1. The van der Waals surface area contributed by atoms with Crippen LogP contribution in [0.15, 0.2) is 23.2 Å². The Morgan fingerprint density at radius 2 is 2.20 bits per heavy atom. The minimum absolute atomic E-state index is 0.0220. The minimum Gasteiger partial charge on any atom is -0.384 e. The molecule has 0 aromatic carbocycles. The van der Waals surface area contributed by atoms with Crippen LogP contribution < -0.4 is 10.5 Å². The lowest BCUT2D eigenvalue weighted by atomic mass is 9.99. The number of nitrogens with two attached hydrogens (primary N) is 1. The van der Waals surface area contributed by atoms with Crippen LogP contribution in [0.4, 0.5) is 5.82 Å². The SMILES string of the molecule is Nc1cc(S(=O)(=O)NC2CCN3CCCC3C2)ccn1. The number of rotatable bonds is 3. The summed E-state index contributed by atoms with van der Waals surface area (Å²) >= 11 is 0. The second-order valence-electron chi connectivity index (χ2n) is 5.59. The molecule has 0 radical (unpaired) electrons. The Labute approximate surface area is 119 Å². The highest BCUT2D eigenvalue weighted by molar-refractivity contribution is 7.89. The highest BCUT2D eigenvalue weighted by Crippen LogP contribution is 2.27. The molecule has 3 rings (SSSR count). The molecular formula is C13H20N4O2S. The van der Waals surface area contributed by atoms with Crippen LogP contribution in [0.25, 0.3) is 0 Å². The van der Waals surface area contributed by atoms with Crippen molar-refractivity contribution >= 4 is 15.8 Å². The van der Waals surface area contributed by atoms with E-state index in [9.17, 15) is 8.42 Å². The summed E-state index contributed by atoms with van der Waals surface area (Å²) in [5, 5.41) is 0.